The third kappa shape index (κ3) is 6.20. The largest absolute Gasteiger partial charge is 0.416 e. The Labute approximate surface area is 229 Å². The molecule has 4 N–H and O–H groups in total. The SMILES string of the molecule is Cl.N[C@@H](CO)c1nc(Cn2nc(-c3ccc(Cl)cc3)n(C[C@H](O)C(F)(F)F)c2=O)nn1-c1ccccc1Cl. The number of nitrogens with zero attached hydrogens (tertiary/aromatic N) is 6. The van der Waals surface area contributed by atoms with E-state index in [4.69, 9.17) is 28.9 Å². The first kappa shape index (κ1) is 29.6. The van der Waals surface area contributed by atoms with Gasteiger partial charge in [0, 0.05) is 10.6 Å². The molecule has 16 heteroatoms. The van der Waals surface area contributed by atoms with Crippen LogP contribution in [-0.4, -0.2) is 58.2 Å². The molecule has 4 rings (SSSR count). The molecule has 0 spiro atoms. The first-order valence-electron chi connectivity index (χ1n) is 10.7. The molecule has 0 aliphatic heterocycles. The third-order valence-corrected chi connectivity index (χ3v) is 5.91. The van der Waals surface area contributed by atoms with E-state index < -0.39 is 37.2 Å². The molecule has 2 heterocycles. The van der Waals surface area contributed by atoms with E-state index in [9.17, 15) is 28.2 Å². The van der Waals surface area contributed by atoms with Crippen molar-refractivity contribution in [3.05, 3.63) is 80.7 Å². The van der Waals surface area contributed by atoms with E-state index in [1.54, 1.807) is 24.3 Å². The van der Waals surface area contributed by atoms with E-state index in [1.807, 2.05) is 0 Å². The van der Waals surface area contributed by atoms with Gasteiger partial charge >= 0.3 is 11.9 Å². The maximum Gasteiger partial charge on any atom is 0.416 e. The lowest BCUT2D eigenvalue weighted by Crippen LogP contribution is -2.37. The Morgan fingerprint density at radius 2 is 1.71 bits per heavy atom. The lowest BCUT2D eigenvalue weighted by Gasteiger charge is -2.15. The van der Waals surface area contributed by atoms with Crippen molar-refractivity contribution in [3.8, 4) is 17.1 Å². The molecule has 0 unspecified atom stereocenters. The van der Waals surface area contributed by atoms with Gasteiger partial charge in [0.25, 0.3) is 0 Å². The summed E-state index contributed by atoms with van der Waals surface area (Å²) in [6.45, 7) is -1.90. The van der Waals surface area contributed by atoms with Crippen molar-refractivity contribution in [1.29, 1.82) is 0 Å². The van der Waals surface area contributed by atoms with Gasteiger partial charge in [0.15, 0.2) is 23.6 Å². The highest BCUT2D eigenvalue weighted by atomic mass is 35.5. The van der Waals surface area contributed by atoms with Crippen LogP contribution >= 0.6 is 35.6 Å². The molecule has 4 aromatic rings. The fraction of sp³-hybridized carbons (Fsp3) is 0.273. The Morgan fingerprint density at radius 1 is 1.05 bits per heavy atom. The van der Waals surface area contributed by atoms with Crippen LogP contribution in [0.2, 0.25) is 10.0 Å². The number of aromatic nitrogens is 6. The monoisotopic (exact) mass is 593 g/mol. The van der Waals surface area contributed by atoms with Crippen LogP contribution in [0.4, 0.5) is 13.2 Å². The number of benzene rings is 2. The lowest BCUT2D eigenvalue weighted by atomic mass is 10.2. The number of para-hydroxylation sites is 1. The minimum Gasteiger partial charge on any atom is -0.394 e. The summed E-state index contributed by atoms with van der Waals surface area (Å²) in [4.78, 5) is 17.4. The van der Waals surface area contributed by atoms with Crippen LogP contribution in [-0.2, 0) is 13.1 Å². The predicted octanol–water partition coefficient (Wildman–Crippen LogP) is 2.98. The quantitative estimate of drug-likeness (QED) is 0.285. The van der Waals surface area contributed by atoms with E-state index in [0.29, 0.717) is 25.9 Å². The second-order valence-electron chi connectivity index (χ2n) is 7.98. The molecule has 2 atom stereocenters. The molecule has 2 aromatic carbocycles. The minimum absolute atomic E-state index is 0. The van der Waals surface area contributed by atoms with Crippen molar-refractivity contribution in [2.24, 2.45) is 5.73 Å². The van der Waals surface area contributed by atoms with Gasteiger partial charge in [0.1, 0.15) is 6.54 Å². The van der Waals surface area contributed by atoms with Crippen molar-refractivity contribution in [2.45, 2.75) is 31.4 Å². The predicted molar refractivity (Wildman–Crippen MR) is 136 cm³/mol. The Balaban J connectivity index is 0.00000400. The van der Waals surface area contributed by atoms with Crippen LogP contribution in [0, 0.1) is 0 Å². The zero-order valence-corrected chi connectivity index (χ0v) is 21.6. The number of hydrogen-bond acceptors (Lipinski definition) is 7. The summed E-state index contributed by atoms with van der Waals surface area (Å²) in [5, 5.41) is 28.4. The molecule has 0 fully saturated rings. The fourth-order valence-corrected chi connectivity index (χ4v) is 3.83. The molecule has 0 saturated heterocycles. The van der Waals surface area contributed by atoms with Crippen LogP contribution < -0.4 is 11.4 Å². The summed E-state index contributed by atoms with van der Waals surface area (Å²) in [5.74, 6) is 0.0517. The molecular weight excluding hydrogens is 574 g/mol. The summed E-state index contributed by atoms with van der Waals surface area (Å²) >= 11 is 12.2. The third-order valence-electron chi connectivity index (χ3n) is 5.33. The fourth-order valence-electron chi connectivity index (χ4n) is 3.49. The smallest absolute Gasteiger partial charge is 0.394 e. The van der Waals surface area contributed by atoms with Crippen molar-refractivity contribution in [3.63, 3.8) is 0 Å². The second-order valence-corrected chi connectivity index (χ2v) is 8.82. The molecule has 204 valence electrons. The highest BCUT2D eigenvalue weighted by Crippen LogP contribution is 2.25. The van der Waals surface area contributed by atoms with Gasteiger partial charge in [-0.15, -0.1) is 22.6 Å². The molecule has 0 amide bonds. The van der Waals surface area contributed by atoms with Crippen molar-refractivity contribution in [1.82, 2.24) is 29.1 Å². The zero-order valence-electron chi connectivity index (χ0n) is 19.3. The molecule has 0 radical (unpaired) electrons. The number of aliphatic hydroxyl groups excluding tert-OH is 2. The molecule has 2 aromatic heterocycles. The highest BCUT2D eigenvalue weighted by molar-refractivity contribution is 6.32. The first-order valence-corrected chi connectivity index (χ1v) is 11.5. The standard InChI is InChI=1S/C22H20Cl2F3N7O3.ClH/c23-13-7-5-12(6-8-13)19-31-33(21(37)32(19)9-17(36)22(25,26)27)10-18-29-20(15(28)11-35)34(30-18)16-4-2-1-3-14(16)24;/h1-8,15,17,35-36H,9-11,28H2;1H/t15-,17-;/m0./s1. The Bertz CT molecular complexity index is 1460. The number of nitrogens with two attached hydrogens (primary N) is 1. The van der Waals surface area contributed by atoms with Crippen LogP contribution in [0.5, 0.6) is 0 Å². The van der Waals surface area contributed by atoms with Gasteiger partial charge in [-0.2, -0.15) is 13.2 Å². The molecule has 38 heavy (non-hydrogen) atoms. The van der Waals surface area contributed by atoms with Crippen LogP contribution in [0.25, 0.3) is 17.1 Å². The van der Waals surface area contributed by atoms with E-state index in [2.05, 4.69) is 15.2 Å². The summed E-state index contributed by atoms with van der Waals surface area (Å²) < 4.78 is 42.1. The molecular formula is C22H21Cl3F3N7O3. The zero-order chi connectivity index (χ0) is 26.9. The van der Waals surface area contributed by atoms with Crippen LogP contribution in [0.3, 0.4) is 0 Å². The summed E-state index contributed by atoms with van der Waals surface area (Å²) in [6.07, 6.45) is -7.76. The normalized spacial score (nSPS) is 13.3. The lowest BCUT2D eigenvalue weighted by molar-refractivity contribution is -0.207. The molecule has 0 aliphatic rings. The molecule has 10 nitrogen and oxygen atoms in total. The van der Waals surface area contributed by atoms with Crippen LogP contribution in [0.1, 0.15) is 17.7 Å². The Kier molecular flexibility index (Phi) is 9.23. The van der Waals surface area contributed by atoms with Gasteiger partial charge in [0.2, 0.25) is 0 Å². The van der Waals surface area contributed by atoms with Crippen molar-refractivity contribution < 1.29 is 23.4 Å². The van der Waals surface area contributed by atoms with Gasteiger partial charge in [-0.1, -0.05) is 35.3 Å². The molecule has 0 bridgehead atoms. The van der Waals surface area contributed by atoms with Gasteiger partial charge in [-0.3, -0.25) is 4.57 Å². The van der Waals surface area contributed by atoms with E-state index in [-0.39, 0.29) is 36.4 Å². The van der Waals surface area contributed by atoms with Gasteiger partial charge in [-0.25, -0.2) is 19.1 Å². The Hall–Kier alpha value is -2.94. The van der Waals surface area contributed by atoms with Crippen LogP contribution in [0.15, 0.2) is 53.3 Å². The first-order chi connectivity index (χ1) is 17.5. The summed E-state index contributed by atoms with van der Waals surface area (Å²) in [7, 11) is 0. The second kappa shape index (κ2) is 11.8. The average molecular weight is 595 g/mol. The van der Waals surface area contributed by atoms with Gasteiger partial charge in [0.05, 0.1) is 29.9 Å². The molecule has 0 aliphatic carbocycles. The number of halogens is 6. The van der Waals surface area contributed by atoms with E-state index in [0.717, 1.165) is 4.68 Å². The van der Waals surface area contributed by atoms with E-state index in [1.165, 1.54) is 28.9 Å². The van der Waals surface area contributed by atoms with Crippen molar-refractivity contribution in [2.75, 3.05) is 6.61 Å². The average Bonchev–Trinajstić information content (AvgIpc) is 3.40. The summed E-state index contributed by atoms with van der Waals surface area (Å²) in [6, 6.07) is 11.7. The number of aliphatic hydroxyl groups is 2. The summed E-state index contributed by atoms with van der Waals surface area (Å²) in [5.41, 5.74) is 5.76. The minimum atomic E-state index is -4.95. The van der Waals surface area contributed by atoms with Crippen molar-refractivity contribution >= 4 is 35.6 Å². The maximum absolute atomic E-state index is 13.1. The number of alkyl halides is 3. The highest BCUT2D eigenvalue weighted by Gasteiger charge is 2.39. The topological polar surface area (TPSA) is 137 Å². The maximum atomic E-state index is 13.1. The molecule has 0 saturated carbocycles. The van der Waals surface area contributed by atoms with Gasteiger partial charge in [-0.05, 0) is 36.4 Å². The number of hydrogen-bond donors (Lipinski definition) is 3. The van der Waals surface area contributed by atoms with Gasteiger partial charge < -0.3 is 15.9 Å². The Morgan fingerprint density at radius 3 is 2.32 bits per heavy atom. The van der Waals surface area contributed by atoms with E-state index >= 15 is 0 Å². The number of rotatable bonds is 8.